The third-order valence-corrected chi connectivity index (χ3v) is 6.28. The first-order valence-corrected chi connectivity index (χ1v) is 10.6. The number of aryl methyl sites for hydroxylation is 1. The van der Waals surface area contributed by atoms with Gasteiger partial charge in [-0.05, 0) is 24.5 Å². The number of aromatic nitrogens is 1. The Morgan fingerprint density at radius 3 is 3.03 bits per heavy atom. The van der Waals surface area contributed by atoms with Crippen molar-refractivity contribution in [1.29, 1.82) is 0 Å². The number of piperazine rings is 1. The van der Waals surface area contributed by atoms with E-state index in [2.05, 4.69) is 68.8 Å². The molecule has 0 radical (unpaired) electrons. The van der Waals surface area contributed by atoms with Crippen LogP contribution in [0.15, 0.2) is 30.5 Å². The standard InChI is InChI=1S/C23H29N5O2/c1-3-10-24-22(29)9-8-18-13-26-23(30)21-11-17(15-28(18)21)25-12-16-14-27(2)20-7-5-4-6-19(16)20/h1,4-7,14,17-18,21,25H,8-13,15H2,2H3,(H,24,29)(H,26,30)/t17-,18+,21-/m0/s1. The van der Waals surface area contributed by atoms with Crippen molar-refractivity contribution in [2.75, 3.05) is 19.6 Å². The van der Waals surface area contributed by atoms with Crippen molar-refractivity contribution in [3.63, 3.8) is 0 Å². The van der Waals surface area contributed by atoms with Gasteiger partial charge in [0.05, 0.1) is 12.6 Å². The number of rotatable bonds is 7. The van der Waals surface area contributed by atoms with E-state index in [1.165, 1.54) is 16.5 Å². The topological polar surface area (TPSA) is 78.4 Å². The highest BCUT2D eigenvalue weighted by Gasteiger charge is 2.43. The molecule has 3 heterocycles. The molecule has 2 aliphatic heterocycles. The zero-order valence-electron chi connectivity index (χ0n) is 17.4. The number of terminal acetylenes is 1. The second-order valence-corrected chi connectivity index (χ2v) is 8.23. The normalized spacial score (nSPS) is 23.7. The van der Waals surface area contributed by atoms with Crippen LogP contribution in [0.25, 0.3) is 10.9 Å². The van der Waals surface area contributed by atoms with Crippen LogP contribution in [0.3, 0.4) is 0 Å². The minimum atomic E-state index is -0.123. The van der Waals surface area contributed by atoms with Gasteiger partial charge in [0.1, 0.15) is 0 Å². The van der Waals surface area contributed by atoms with Gasteiger partial charge in [0.25, 0.3) is 0 Å². The van der Waals surface area contributed by atoms with Gasteiger partial charge in [-0.15, -0.1) is 6.42 Å². The summed E-state index contributed by atoms with van der Waals surface area (Å²) in [6.45, 7) is 2.44. The van der Waals surface area contributed by atoms with Crippen molar-refractivity contribution in [3.8, 4) is 12.3 Å². The third kappa shape index (κ3) is 4.20. The van der Waals surface area contributed by atoms with E-state index in [-0.39, 0.29) is 36.5 Å². The number of hydrogen-bond donors (Lipinski definition) is 3. The molecule has 30 heavy (non-hydrogen) atoms. The lowest BCUT2D eigenvalue weighted by molar-refractivity contribution is -0.129. The van der Waals surface area contributed by atoms with Gasteiger partial charge in [-0.2, -0.15) is 0 Å². The number of benzene rings is 1. The Bertz CT molecular complexity index is 976. The third-order valence-electron chi connectivity index (χ3n) is 6.28. The first kappa shape index (κ1) is 20.5. The van der Waals surface area contributed by atoms with Gasteiger partial charge in [0, 0.05) is 62.3 Å². The summed E-state index contributed by atoms with van der Waals surface area (Å²) in [7, 11) is 2.07. The van der Waals surface area contributed by atoms with Crippen LogP contribution in [-0.4, -0.2) is 59.0 Å². The molecule has 0 bridgehead atoms. The number of para-hydroxylation sites is 1. The highest BCUT2D eigenvalue weighted by Crippen LogP contribution is 2.27. The predicted molar refractivity (Wildman–Crippen MR) is 117 cm³/mol. The number of carbonyl (C=O) groups is 2. The van der Waals surface area contributed by atoms with E-state index in [1.807, 2.05) is 0 Å². The molecule has 4 rings (SSSR count). The zero-order chi connectivity index (χ0) is 21.1. The van der Waals surface area contributed by atoms with Crippen molar-refractivity contribution in [1.82, 2.24) is 25.4 Å². The average Bonchev–Trinajstić information content (AvgIpc) is 3.33. The maximum Gasteiger partial charge on any atom is 0.237 e. The smallest absolute Gasteiger partial charge is 0.237 e. The Hall–Kier alpha value is -2.82. The average molecular weight is 408 g/mol. The SMILES string of the molecule is C#CCNC(=O)CC[C@@H]1CNC(=O)[C@@H]2C[C@H](NCc3cn(C)c4ccccc34)CN12. The predicted octanol–water partition coefficient (Wildman–Crippen LogP) is 0.739. The number of amides is 2. The van der Waals surface area contributed by atoms with Gasteiger partial charge >= 0.3 is 0 Å². The fourth-order valence-corrected chi connectivity index (χ4v) is 4.75. The van der Waals surface area contributed by atoms with Gasteiger partial charge < -0.3 is 20.5 Å². The summed E-state index contributed by atoms with van der Waals surface area (Å²) in [5.41, 5.74) is 2.49. The molecule has 7 nitrogen and oxygen atoms in total. The Balaban J connectivity index is 1.36. The van der Waals surface area contributed by atoms with Gasteiger partial charge in [0.2, 0.25) is 11.8 Å². The van der Waals surface area contributed by atoms with Crippen LogP contribution in [0.5, 0.6) is 0 Å². The Labute approximate surface area is 177 Å². The van der Waals surface area contributed by atoms with Gasteiger partial charge in [-0.1, -0.05) is 24.1 Å². The molecule has 3 atom stereocenters. The van der Waals surface area contributed by atoms with E-state index in [9.17, 15) is 9.59 Å². The number of carbonyl (C=O) groups excluding carboxylic acids is 2. The maximum absolute atomic E-state index is 12.4. The van der Waals surface area contributed by atoms with E-state index < -0.39 is 0 Å². The van der Waals surface area contributed by atoms with E-state index >= 15 is 0 Å². The quantitative estimate of drug-likeness (QED) is 0.592. The Kier molecular flexibility index (Phi) is 6.07. The van der Waals surface area contributed by atoms with Crippen LogP contribution in [0.1, 0.15) is 24.8 Å². The van der Waals surface area contributed by atoms with Gasteiger partial charge in [-0.25, -0.2) is 0 Å². The molecule has 0 unspecified atom stereocenters. The zero-order valence-corrected chi connectivity index (χ0v) is 17.4. The molecule has 3 N–H and O–H groups in total. The van der Waals surface area contributed by atoms with E-state index in [0.29, 0.717) is 19.4 Å². The fourth-order valence-electron chi connectivity index (χ4n) is 4.75. The Morgan fingerprint density at radius 1 is 1.37 bits per heavy atom. The van der Waals surface area contributed by atoms with Crippen LogP contribution >= 0.6 is 0 Å². The first-order valence-electron chi connectivity index (χ1n) is 10.6. The van der Waals surface area contributed by atoms with Crippen molar-refractivity contribution in [2.45, 2.75) is 43.9 Å². The van der Waals surface area contributed by atoms with E-state index in [1.54, 1.807) is 0 Å². The van der Waals surface area contributed by atoms with Crippen LogP contribution < -0.4 is 16.0 Å². The van der Waals surface area contributed by atoms with Crippen molar-refractivity contribution < 1.29 is 9.59 Å². The summed E-state index contributed by atoms with van der Waals surface area (Å²) in [6, 6.07) is 8.70. The molecule has 1 aromatic carbocycles. The minimum Gasteiger partial charge on any atom is -0.353 e. The summed E-state index contributed by atoms with van der Waals surface area (Å²) in [4.78, 5) is 26.6. The molecule has 1 aromatic heterocycles. The Morgan fingerprint density at radius 2 is 2.20 bits per heavy atom. The largest absolute Gasteiger partial charge is 0.353 e. The summed E-state index contributed by atoms with van der Waals surface area (Å²) < 4.78 is 2.15. The van der Waals surface area contributed by atoms with Crippen molar-refractivity contribution in [2.24, 2.45) is 7.05 Å². The first-order chi connectivity index (χ1) is 14.6. The molecular weight excluding hydrogens is 378 g/mol. The van der Waals surface area contributed by atoms with E-state index in [0.717, 1.165) is 19.5 Å². The lowest BCUT2D eigenvalue weighted by atomic mass is 10.0. The summed E-state index contributed by atoms with van der Waals surface area (Å²) >= 11 is 0. The maximum atomic E-state index is 12.4. The molecule has 0 aliphatic carbocycles. The number of nitrogens with zero attached hydrogens (tertiary/aromatic N) is 2. The van der Waals surface area contributed by atoms with Crippen LogP contribution in [0.2, 0.25) is 0 Å². The fraction of sp³-hybridized carbons (Fsp3) is 0.478. The summed E-state index contributed by atoms with van der Waals surface area (Å²) in [5, 5.41) is 10.6. The van der Waals surface area contributed by atoms with Crippen molar-refractivity contribution in [3.05, 3.63) is 36.0 Å². The second kappa shape index (κ2) is 8.90. The molecule has 7 heteroatoms. The van der Waals surface area contributed by atoms with Crippen LogP contribution in [0.4, 0.5) is 0 Å². The van der Waals surface area contributed by atoms with Gasteiger partial charge in [0.15, 0.2) is 0 Å². The number of fused-ring (bicyclic) bond motifs is 2. The van der Waals surface area contributed by atoms with E-state index in [4.69, 9.17) is 6.42 Å². The van der Waals surface area contributed by atoms with Crippen LogP contribution in [-0.2, 0) is 23.2 Å². The molecule has 2 fully saturated rings. The highest BCUT2D eigenvalue weighted by atomic mass is 16.2. The highest BCUT2D eigenvalue weighted by molar-refractivity contribution is 5.84. The molecule has 2 amide bonds. The molecule has 2 saturated heterocycles. The van der Waals surface area contributed by atoms with Crippen LogP contribution in [0, 0.1) is 12.3 Å². The molecule has 0 saturated carbocycles. The number of hydrogen-bond acceptors (Lipinski definition) is 4. The summed E-state index contributed by atoms with van der Waals surface area (Å²) in [6.07, 6.45) is 9.28. The second-order valence-electron chi connectivity index (χ2n) is 8.23. The summed E-state index contributed by atoms with van der Waals surface area (Å²) in [5.74, 6) is 2.48. The molecule has 158 valence electrons. The monoisotopic (exact) mass is 407 g/mol. The minimum absolute atomic E-state index is 0.0359. The lowest BCUT2D eigenvalue weighted by Gasteiger charge is -2.37. The molecule has 2 aromatic rings. The van der Waals surface area contributed by atoms with Crippen molar-refractivity contribution >= 4 is 22.7 Å². The molecule has 2 aliphatic rings. The molecule has 0 spiro atoms. The van der Waals surface area contributed by atoms with Gasteiger partial charge in [-0.3, -0.25) is 14.5 Å². The lowest BCUT2D eigenvalue weighted by Crippen LogP contribution is -2.58. The number of nitrogens with one attached hydrogen (secondary N) is 3. The molecular formula is C23H29N5O2.